The van der Waals surface area contributed by atoms with Crippen molar-refractivity contribution in [3.05, 3.63) is 47.8 Å². The normalized spacial score (nSPS) is 12.3. The molecule has 0 aliphatic carbocycles. The lowest BCUT2D eigenvalue weighted by Crippen LogP contribution is -2.15. The fourth-order valence-corrected chi connectivity index (χ4v) is 1.81. The van der Waals surface area contributed by atoms with Crippen molar-refractivity contribution in [2.24, 2.45) is 5.73 Å². The number of aromatic nitrogens is 2. The molecule has 0 fully saturated rings. The first-order valence-electron chi connectivity index (χ1n) is 5.66. The number of rotatable bonds is 4. The van der Waals surface area contributed by atoms with Gasteiger partial charge in [-0.1, -0.05) is 12.1 Å². The fourth-order valence-electron chi connectivity index (χ4n) is 1.81. The van der Waals surface area contributed by atoms with Gasteiger partial charge >= 0.3 is 5.97 Å². The van der Waals surface area contributed by atoms with E-state index in [-0.39, 0.29) is 6.42 Å². The van der Waals surface area contributed by atoms with Crippen molar-refractivity contribution in [2.75, 3.05) is 0 Å². The van der Waals surface area contributed by atoms with Gasteiger partial charge in [-0.2, -0.15) is 5.10 Å². The summed E-state index contributed by atoms with van der Waals surface area (Å²) in [6, 6.07) is 8.89. The number of aryl methyl sites for hydroxylation is 1. The van der Waals surface area contributed by atoms with E-state index in [1.54, 1.807) is 6.20 Å². The SMILES string of the molecule is Cc1ccnn1-c1ccc(C(N)CC(=O)O)cc1. The van der Waals surface area contributed by atoms with Crippen LogP contribution in [0.15, 0.2) is 36.5 Å². The molecule has 3 N–H and O–H groups in total. The van der Waals surface area contributed by atoms with E-state index in [0.717, 1.165) is 16.9 Å². The molecule has 2 rings (SSSR count). The highest BCUT2D eigenvalue weighted by Gasteiger charge is 2.10. The molecule has 5 nitrogen and oxygen atoms in total. The van der Waals surface area contributed by atoms with E-state index in [2.05, 4.69) is 5.10 Å². The number of carboxylic acid groups (broad SMARTS) is 1. The molecule has 1 aromatic carbocycles. The Morgan fingerprint density at radius 3 is 2.56 bits per heavy atom. The van der Waals surface area contributed by atoms with E-state index >= 15 is 0 Å². The molecule has 2 aromatic rings. The zero-order valence-electron chi connectivity index (χ0n) is 10.1. The summed E-state index contributed by atoms with van der Waals surface area (Å²) in [4.78, 5) is 10.6. The zero-order chi connectivity index (χ0) is 13.1. The highest BCUT2D eigenvalue weighted by Crippen LogP contribution is 2.17. The maximum absolute atomic E-state index is 10.6. The number of carbonyl (C=O) groups is 1. The minimum absolute atomic E-state index is 0.0693. The van der Waals surface area contributed by atoms with Gasteiger partial charge in [0.1, 0.15) is 0 Å². The maximum atomic E-state index is 10.6. The standard InChI is InChI=1S/C13H15N3O2/c1-9-6-7-15-16(9)11-4-2-10(3-5-11)12(14)8-13(17)18/h2-7,12H,8,14H2,1H3,(H,17,18). The van der Waals surface area contributed by atoms with Crippen LogP contribution in [0.3, 0.4) is 0 Å². The van der Waals surface area contributed by atoms with Crippen molar-refractivity contribution in [1.29, 1.82) is 0 Å². The molecule has 1 unspecified atom stereocenters. The molecule has 0 bridgehead atoms. The number of hydrogen-bond acceptors (Lipinski definition) is 3. The topological polar surface area (TPSA) is 81.1 Å². The summed E-state index contributed by atoms with van der Waals surface area (Å²) in [7, 11) is 0. The van der Waals surface area contributed by atoms with Crippen molar-refractivity contribution in [2.45, 2.75) is 19.4 Å². The van der Waals surface area contributed by atoms with E-state index in [4.69, 9.17) is 10.8 Å². The Balaban J connectivity index is 2.20. The minimum Gasteiger partial charge on any atom is -0.481 e. The summed E-state index contributed by atoms with van der Waals surface area (Å²) in [5.41, 5.74) is 8.58. The van der Waals surface area contributed by atoms with Crippen molar-refractivity contribution >= 4 is 5.97 Å². The van der Waals surface area contributed by atoms with Gasteiger partial charge in [-0.05, 0) is 30.7 Å². The number of aliphatic carboxylic acids is 1. The lowest BCUT2D eigenvalue weighted by Gasteiger charge is -2.10. The summed E-state index contributed by atoms with van der Waals surface area (Å²) < 4.78 is 1.81. The molecule has 1 heterocycles. The first-order chi connectivity index (χ1) is 8.58. The van der Waals surface area contributed by atoms with Gasteiger partial charge in [-0.3, -0.25) is 4.79 Å². The quantitative estimate of drug-likeness (QED) is 0.858. The van der Waals surface area contributed by atoms with Gasteiger partial charge < -0.3 is 10.8 Å². The highest BCUT2D eigenvalue weighted by molar-refractivity contribution is 5.67. The largest absolute Gasteiger partial charge is 0.481 e. The van der Waals surface area contributed by atoms with E-state index in [1.807, 2.05) is 41.9 Å². The number of benzene rings is 1. The highest BCUT2D eigenvalue weighted by atomic mass is 16.4. The summed E-state index contributed by atoms with van der Waals surface area (Å²) in [5, 5.41) is 12.9. The van der Waals surface area contributed by atoms with E-state index < -0.39 is 12.0 Å². The zero-order valence-corrected chi connectivity index (χ0v) is 10.1. The average molecular weight is 245 g/mol. The molecule has 0 spiro atoms. The van der Waals surface area contributed by atoms with E-state index in [1.165, 1.54) is 0 Å². The monoisotopic (exact) mass is 245 g/mol. The van der Waals surface area contributed by atoms with E-state index in [9.17, 15) is 4.79 Å². The second-order valence-corrected chi connectivity index (χ2v) is 4.18. The van der Waals surface area contributed by atoms with Gasteiger partial charge in [0.25, 0.3) is 0 Å². The Bertz CT molecular complexity index is 546. The molecule has 5 heteroatoms. The van der Waals surface area contributed by atoms with Crippen LogP contribution in [0.5, 0.6) is 0 Å². The van der Waals surface area contributed by atoms with Crippen LogP contribution in [0, 0.1) is 6.92 Å². The van der Waals surface area contributed by atoms with Crippen LogP contribution in [-0.4, -0.2) is 20.9 Å². The van der Waals surface area contributed by atoms with Gasteiger partial charge in [-0.15, -0.1) is 0 Å². The van der Waals surface area contributed by atoms with Gasteiger partial charge in [-0.25, -0.2) is 4.68 Å². The molecule has 0 radical (unpaired) electrons. The molecule has 18 heavy (non-hydrogen) atoms. The Morgan fingerprint density at radius 2 is 2.06 bits per heavy atom. The molecule has 0 saturated heterocycles. The smallest absolute Gasteiger partial charge is 0.305 e. The van der Waals surface area contributed by atoms with Gasteiger partial charge in [0.15, 0.2) is 0 Å². The molecule has 1 aromatic heterocycles. The first-order valence-corrected chi connectivity index (χ1v) is 5.66. The number of carboxylic acids is 1. The van der Waals surface area contributed by atoms with Crippen LogP contribution in [0.4, 0.5) is 0 Å². The summed E-state index contributed by atoms with van der Waals surface area (Å²) >= 11 is 0. The van der Waals surface area contributed by atoms with Crippen molar-refractivity contribution in [3.63, 3.8) is 0 Å². The van der Waals surface area contributed by atoms with Crippen molar-refractivity contribution < 1.29 is 9.90 Å². The number of hydrogen-bond donors (Lipinski definition) is 2. The van der Waals surface area contributed by atoms with E-state index in [0.29, 0.717) is 0 Å². The third kappa shape index (κ3) is 2.57. The van der Waals surface area contributed by atoms with Crippen LogP contribution in [0.1, 0.15) is 23.7 Å². The molecule has 0 saturated carbocycles. The lowest BCUT2D eigenvalue weighted by molar-refractivity contribution is -0.137. The van der Waals surface area contributed by atoms with Crippen LogP contribution in [0.25, 0.3) is 5.69 Å². The Labute approximate surface area is 105 Å². The number of nitrogens with two attached hydrogens (primary N) is 1. The fraction of sp³-hybridized carbons (Fsp3) is 0.231. The third-order valence-electron chi connectivity index (χ3n) is 2.79. The van der Waals surface area contributed by atoms with Crippen LogP contribution in [0.2, 0.25) is 0 Å². The minimum atomic E-state index is -0.894. The van der Waals surface area contributed by atoms with Crippen LogP contribution < -0.4 is 5.73 Å². The molecule has 0 aliphatic rings. The molecular weight excluding hydrogens is 230 g/mol. The predicted molar refractivity (Wildman–Crippen MR) is 67.5 cm³/mol. The van der Waals surface area contributed by atoms with Crippen LogP contribution in [-0.2, 0) is 4.79 Å². The second-order valence-electron chi connectivity index (χ2n) is 4.18. The van der Waals surface area contributed by atoms with Crippen LogP contribution >= 0.6 is 0 Å². The third-order valence-corrected chi connectivity index (χ3v) is 2.79. The predicted octanol–water partition coefficient (Wildman–Crippen LogP) is 1.66. The van der Waals surface area contributed by atoms with Crippen molar-refractivity contribution in [1.82, 2.24) is 9.78 Å². The molecule has 0 aliphatic heterocycles. The lowest BCUT2D eigenvalue weighted by atomic mass is 10.0. The second kappa shape index (κ2) is 5.01. The average Bonchev–Trinajstić information content (AvgIpc) is 2.75. The molecule has 94 valence electrons. The number of nitrogens with zero attached hydrogens (tertiary/aromatic N) is 2. The molecular formula is C13H15N3O2. The molecule has 1 atom stereocenters. The van der Waals surface area contributed by atoms with Crippen molar-refractivity contribution in [3.8, 4) is 5.69 Å². The van der Waals surface area contributed by atoms with Gasteiger partial charge in [0.05, 0.1) is 12.1 Å². The summed E-state index contributed by atoms with van der Waals surface area (Å²) in [6.07, 6.45) is 1.67. The molecule has 0 amide bonds. The Hall–Kier alpha value is -2.14. The first kappa shape index (κ1) is 12.3. The maximum Gasteiger partial charge on any atom is 0.305 e. The summed E-state index contributed by atoms with van der Waals surface area (Å²) in [6.45, 7) is 1.97. The van der Waals surface area contributed by atoms with Gasteiger partial charge in [0.2, 0.25) is 0 Å². The summed E-state index contributed by atoms with van der Waals surface area (Å²) in [5.74, 6) is -0.894. The Morgan fingerprint density at radius 1 is 1.39 bits per heavy atom. The van der Waals surface area contributed by atoms with Gasteiger partial charge in [0, 0.05) is 17.9 Å². The Kier molecular flexibility index (Phi) is 3.43.